The fraction of sp³-hybridized carbons (Fsp3) is 0.267. The Hall–Kier alpha value is -2.14. The third-order valence-electron chi connectivity index (χ3n) is 3.70. The van der Waals surface area contributed by atoms with Gasteiger partial charge >= 0.3 is 0 Å². The minimum Gasteiger partial charge on any atom is -0.353 e. The summed E-state index contributed by atoms with van der Waals surface area (Å²) in [6.07, 6.45) is 4.48. The van der Waals surface area contributed by atoms with Gasteiger partial charge in [0.15, 0.2) is 0 Å². The Balaban J connectivity index is 2.24. The molecule has 1 unspecified atom stereocenters. The zero-order chi connectivity index (χ0) is 14.4. The number of allylic oxidation sites excluding steroid dienone is 2. The van der Waals surface area contributed by atoms with Crippen molar-refractivity contribution in [3.8, 4) is 0 Å². The highest BCUT2D eigenvalue weighted by atomic mass is 19.1. The molecule has 0 amide bonds. The van der Waals surface area contributed by atoms with Crippen LogP contribution in [0.15, 0.2) is 35.9 Å². The van der Waals surface area contributed by atoms with Crippen LogP contribution >= 0.6 is 0 Å². The monoisotopic (exact) mass is 272 g/mol. The van der Waals surface area contributed by atoms with E-state index in [1.54, 1.807) is 11.9 Å². The fourth-order valence-corrected chi connectivity index (χ4v) is 2.67. The lowest BCUT2D eigenvalue weighted by Crippen LogP contribution is -2.40. The lowest BCUT2D eigenvalue weighted by Gasteiger charge is -2.32. The van der Waals surface area contributed by atoms with Gasteiger partial charge in [-0.2, -0.15) is 0 Å². The SMILES string of the molecule is CC1=C(c2c[nH]c3ncc(C)cc23)N(C)C(N)C(F)=C1. The number of nitrogens with one attached hydrogen (secondary N) is 1. The average molecular weight is 272 g/mol. The molecule has 0 saturated heterocycles. The minimum atomic E-state index is -0.739. The number of nitrogens with zero attached hydrogens (tertiary/aromatic N) is 2. The van der Waals surface area contributed by atoms with Gasteiger partial charge in [-0.1, -0.05) is 0 Å². The molecule has 2 aromatic rings. The van der Waals surface area contributed by atoms with Crippen LogP contribution in [0.3, 0.4) is 0 Å². The van der Waals surface area contributed by atoms with Crippen LogP contribution in [-0.2, 0) is 0 Å². The number of pyridine rings is 1. The average Bonchev–Trinajstić information content (AvgIpc) is 2.79. The third-order valence-corrected chi connectivity index (χ3v) is 3.70. The molecule has 0 saturated carbocycles. The zero-order valence-electron chi connectivity index (χ0n) is 11.7. The summed E-state index contributed by atoms with van der Waals surface area (Å²) in [6, 6.07) is 2.07. The summed E-state index contributed by atoms with van der Waals surface area (Å²) in [7, 11) is 1.80. The van der Waals surface area contributed by atoms with E-state index in [1.807, 2.05) is 26.2 Å². The number of aromatic amines is 1. The molecule has 20 heavy (non-hydrogen) atoms. The molecule has 2 aromatic heterocycles. The second-order valence-electron chi connectivity index (χ2n) is 5.23. The van der Waals surface area contributed by atoms with Gasteiger partial charge in [0.2, 0.25) is 0 Å². The number of aryl methyl sites for hydroxylation is 1. The van der Waals surface area contributed by atoms with Gasteiger partial charge in [0.05, 0.1) is 5.70 Å². The molecule has 5 heteroatoms. The smallest absolute Gasteiger partial charge is 0.137 e. The van der Waals surface area contributed by atoms with Crippen LogP contribution in [0.5, 0.6) is 0 Å². The van der Waals surface area contributed by atoms with E-state index in [1.165, 1.54) is 6.08 Å². The van der Waals surface area contributed by atoms with E-state index in [0.717, 1.165) is 33.4 Å². The Morgan fingerprint density at radius 1 is 1.40 bits per heavy atom. The standard InChI is InChI=1S/C15H17FN4/c1-8-4-10-11(7-19-15(10)18-6-8)13-9(2)5-12(16)14(17)20(13)3/h4-7,14H,17H2,1-3H3,(H,18,19). The van der Waals surface area contributed by atoms with E-state index < -0.39 is 6.17 Å². The first-order valence-corrected chi connectivity index (χ1v) is 6.49. The maximum atomic E-state index is 13.7. The van der Waals surface area contributed by atoms with Crippen molar-refractivity contribution in [2.45, 2.75) is 20.0 Å². The second-order valence-corrected chi connectivity index (χ2v) is 5.23. The van der Waals surface area contributed by atoms with Gasteiger partial charge in [0.25, 0.3) is 0 Å². The van der Waals surface area contributed by atoms with Crippen molar-refractivity contribution in [2.24, 2.45) is 5.73 Å². The highest BCUT2D eigenvalue weighted by Crippen LogP contribution is 2.34. The highest BCUT2D eigenvalue weighted by molar-refractivity contribution is 5.92. The van der Waals surface area contributed by atoms with Gasteiger partial charge in [-0.05, 0) is 37.1 Å². The Labute approximate surface area is 116 Å². The predicted octanol–water partition coefficient (Wildman–Crippen LogP) is 2.69. The van der Waals surface area contributed by atoms with Gasteiger partial charge in [-0.3, -0.25) is 0 Å². The summed E-state index contributed by atoms with van der Waals surface area (Å²) in [5, 5.41) is 1.02. The first-order chi connectivity index (χ1) is 9.49. The van der Waals surface area contributed by atoms with E-state index >= 15 is 0 Å². The molecular weight excluding hydrogens is 255 g/mol. The summed E-state index contributed by atoms with van der Waals surface area (Å²) in [4.78, 5) is 9.28. The Morgan fingerprint density at radius 3 is 2.90 bits per heavy atom. The van der Waals surface area contributed by atoms with Crippen molar-refractivity contribution >= 4 is 16.7 Å². The number of likely N-dealkylation sites (N-methyl/N-ethyl adjacent to an activating group) is 1. The molecule has 3 heterocycles. The molecule has 0 bridgehead atoms. The molecule has 3 N–H and O–H groups in total. The molecule has 1 aliphatic rings. The van der Waals surface area contributed by atoms with E-state index in [4.69, 9.17) is 5.73 Å². The van der Waals surface area contributed by atoms with Gasteiger partial charge < -0.3 is 15.6 Å². The summed E-state index contributed by atoms with van der Waals surface area (Å²) >= 11 is 0. The maximum absolute atomic E-state index is 13.7. The van der Waals surface area contributed by atoms with Crippen molar-refractivity contribution in [2.75, 3.05) is 7.05 Å². The van der Waals surface area contributed by atoms with Crippen LogP contribution < -0.4 is 5.73 Å². The summed E-state index contributed by atoms with van der Waals surface area (Å²) < 4.78 is 13.7. The van der Waals surface area contributed by atoms with Crippen LogP contribution in [-0.4, -0.2) is 28.1 Å². The molecule has 0 spiro atoms. The Morgan fingerprint density at radius 2 is 2.15 bits per heavy atom. The largest absolute Gasteiger partial charge is 0.353 e. The van der Waals surface area contributed by atoms with Crippen LogP contribution in [0.1, 0.15) is 18.1 Å². The molecule has 0 fully saturated rings. The summed E-state index contributed by atoms with van der Waals surface area (Å²) in [6.45, 7) is 3.89. The van der Waals surface area contributed by atoms with E-state index in [-0.39, 0.29) is 5.83 Å². The Bertz CT molecular complexity index is 741. The number of fused-ring (bicyclic) bond motifs is 1. The lowest BCUT2D eigenvalue weighted by molar-refractivity contribution is 0.337. The molecule has 1 aliphatic heterocycles. The number of aromatic nitrogens is 2. The van der Waals surface area contributed by atoms with E-state index in [0.29, 0.717) is 0 Å². The quantitative estimate of drug-likeness (QED) is 0.839. The summed E-state index contributed by atoms with van der Waals surface area (Å²) in [5.74, 6) is -0.317. The number of hydrogen-bond acceptors (Lipinski definition) is 3. The molecule has 0 radical (unpaired) electrons. The van der Waals surface area contributed by atoms with Crippen LogP contribution in [0.25, 0.3) is 16.7 Å². The van der Waals surface area contributed by atoms with Crippen LogP contribution in [0, 0.1) is 6.92 Å². The predicted molar refractivity (Wildman–Crippen MR) is 78.4 cm³/mol. The van der Waals surface area contributed by atoms with Crippen LogP contribution in [0.2, 0.25) is 0 Å². The normalized spacial score (nSPS) is 19.8. The van der Waals surface area contributed by atoms with Gasteiger partial charge in [0.1, 0.15) is 17.6 Å². The van der Waals surface area contributed by atoms with Crippen molar-refractivity contribution in [1.29, 1.82) is 0 Å². The molecular formula is C15H17FN4. The minimum absolute atomic E-state index is 0.317. The highest BCUT2D eigenvalue weighted by Gasteiger charge is 2.26. The lowest BCUT2D eigenvalue weighted by atomic mass is 10.0. The topological polar surface area (TPSA) is 57.9 Å². The van der Waals surface area contributed by atoms with Crippen molar-refractivity contribution in [1.82, 2.24) is 14.9 Å². The van der Waals surface area contributed by atoms with E-state index in [9.17, 15) is 4.39 Å². The van der Waals surface area contributed by atoms with Crippen molar-refractivity contribution in [3.63, 3.8) is 0 Å². The molecule has 1 atom stereocenters. The Kier molecular flexibility index (Phi) is 2.87. The number of halogens is 1. The summed E-state index contributed by atoms with van der Waals surface area (Å²) in [5.41, 5.74) is 10.6. The maximum Gasteiger partial charge on any atom is 0.137 e. The van der Waals surface area contributed by atoms with Crippen molar-refractivity contribution < 1.29 is 4.39 Å². The molecule has 104 valence electrons. The third kappa shape index (κ3) is 1.82. The molecule has 0 aliphatic carbocycles. The molecule has 4 nitrogen and oxygen atoms in total. The molecule has 0 aromatic carbocycles. The second kappa shape index (κ2) is 4.45. The first kappa shape index (κ1) is 12.9. The van der Waals surface area contributed by atoms with Gasteiger partial charge in [0, 0.05) is 30.4 Å². The number of hydrogen-bond donors (Lipinski definition) is 2. The first-order valence-electron chi connectivity index (χ1n) is 6.49. The fourth-order valence-electron chi connectivity index (χ4n) is 2.67. The van der Waals surface area contributed by atoms with E-state index in [2.05, 4.69) is 16.0 Å². The zero-order valence-corrected chi connectivity index (χ0v) is 11.7. The van der Waals surface area contributed by atoms with Gasteiger partial charge in [-0.25, -0.2) is 9.37 Å². The number of rotatable bonds is 1. The van der Waals surface area contributed by atoms with Gasteiger partial charge in [-0.15, -0.1) is 0 Å². The van der Waals surface area contributed by atoms with Crippen molar-refractivity contribution in [3.05, 3.63) is 47.1 Å². The van der Waals surface area contributed by atoms with Crippen LogP contribution in [0.4, 0.5) is 4.39 Å². The number of nitrogens with two attached hydrogens (primary N) is 1. The molecule has 3 rings (SSSR count). The number of H-pyrrole nitrogens is 1.